The first-order valence-corrected chi connectivity index (χ1v) is 9.13. The molecular weight excluding hydrogens is 314 g/mol. The van der Waals surface area contributed by atoms with Crippen molar-refractivity contribution in [2.75, 3.05) is 13.6 Å². The topological polar surface area (TPSA) is 72.4 Å². The van der Waals surface area contributed by atoms with E-state index in [0.717, 1.165) is 62.1 Å². The minimum absolute atomic E-state index is 0.0459. The number of likely N-dealkylation sites (N-methyl/N-ethyl adjacent to an activating group) is 1. The van der Waals surface area contributed by atoms with Crippen LogP contribution >= 0.6 is 0 Å². The molecule has 1 atom stereocenters. The van der Waals surface area contributed by atoms with Gasteiger partial charge in [-0.3, -0.25) is 4.79 Å². The van der Waals surface area contributed by atoms with Crippen LogP contribution in [0.5, 0.6) is 0 Å². The molecule has 0 saturated carbocycles. The molecule has 0 aliphatic rings. The largest absolute Gasteiger partial charge is 0.361 e. The van der Waals surface area contributed by atoms with Crippen molar-refractivity contribution in [2.45, 2.75) is 51.5 Å². The highest BCUT2D eigenvalue weighted by Gasteiger charge is 2.16. The average Bonchev–Trinajstić information content (AvgIpc) is 3.10. The molecule has 1 amide bonds. The summed E-state index contributed by atoms with van der Waals surface area (Å²) in [6.07, 6.45) is 5.59. The summed E-state index contributed by atoms with van der Waals surface area (Å²) in [6.45, 7) is 2.79. The number of hydrogen-bond acceptors (Lipinski definition) is 4. The van der Waals surface area contributed by atoms with Crippen LogP contribution in [0.3, 0.4) is 0 Å². The number of benzene rings is 1. The first kappa shape index (κ1) is 19.2. The number of hydrogen-bond donors (Lipinski definition) is 1. The van der Waals surface area contributed by atoms with Gasteiger partial charge in [0.1, 0.15) is 11.5 Å². The molecule has 2 rings (SSSR count). The molecule has 1 unspecified atom stereocenters. The lowest BCUT2D eigenvalue weighted by molar-refractivity contribution is -0.131. The zero-order valence-corrected chi connectivity index (χ0v) is 15.3. The van der Waals surface area contributed by atoms with Crippen LogP contribution < -0.4 is 5.73 Å². The standard InChI is InChI=1S/C20H29N3O2/c1-3-10-18(21)20(24)23(2)14-9-5-8-13-17-15-19(22-25-17)16-11-6-4-7-12-16/h4,6-7,11-12,15,18H,3,5,8-10,13-14,21H2,1-2H3. The lowest BCUT2D eigenvalue weighted by Crippen LogP contribution is -2.42. The Bertz CT molecular complexity index is 639. The third-order valence-electron chi connectivity index (χ3n) is 4.34. The maximum Gasteiger partial charge on any atom is 0.239 e. The minimum Gasteiger partial charge on any atom is -0.361 e. The van der Waals surface area contributed by atoms with Crippen molar-refractivity contribution >= 4 is 5.91 Å². The predicted octanol–water partition coefficient (Wildman–Crippen LogP) is 3.64. The van der Waals surface area contributed by atoms with Gasteiger partial charge in [0.05, 0.1) is 6.04 Å². The molecule has 0 aliphatic heterocycles. The molecule has 5 nitrogen and oxygen atoms in total. The van der Waals surface area contributed by atoms with Gasteiger partial charge in [-0.2, -0.15) is 0 Å². The number of amides is 1. The lowest BCUT2D eigenvalue weighted by Gasteiger charge is -2.20. The Labute approximate surface area is 150 Å². The lowest BCUT2D eigenvalue weighted by atomic mass is 10.1. The summed E-state index contributed by atoms with van der Waals surface area (Å²) >= 11 is 0. The summed E-state index contributed by atoms with van der Waals surface area (Å²) in [4.78, 5) is 13.8. The zero-order chi connectivity index (χ0) is 18.1. The van der Waals surface area contributed by atoms with E-state index in [9.17, 15) is 4.79 Å². The minimum atomic E-state index is -0.361. The third-order valence-corrected chi connectivity index (χ3v) is 4.34. The van der Waals surface area contributed by atoms with Gasteiger partial charge in [0.25, 0.3) is 0 Å². The molecule has 2 aromatic rings. The number of nitrogens with two attached hydrogens (primary N) is 1. The summed E-state index contributed by atoms with van der Waals surface area (Å²) in [5.74, 6) is 0.956. The number of nitrogens with zero attached hydrogens (tertiary/aromatic N) is 2. The van der Waals surface area contributed by atoms with Crippen LogP contribution in [0.1, 0.15) is 44.8 Å². The number of carbonyl (C=O) groups is 1. The van der Waals surface area contributed by atoms with E-state index in [4.69, 9.17) is 10.3 Å². The normalized spacial score (nSPS) is 12.1. The quantitative estimate of drug-likeness (QED) is 0.669. The maximum absolute atomic E-state index is 12.0. The van der Waals surface area contributed by atoms with E-state index in [1.165, 1.54) is 0 Å². The van der Waals surface area contributed by atoms with Gasteiger partial charge < -0.3 is 15.2 Å². The summed E-state index contributed by atoms with van der Waals surface area (Å²) in [5, 5.41) is 4.13. The van der Waals surface area contributed by atoms with Crippen LogP contribution in [-0.2, 0) is 11.2 Å². The number of unbranched alkanes of at least 4 members (excludes halogenated alkanes) is 2. The van der Waals surface area contributed by atoms with Crippen LogP contribution in [0.4, 0.5) is 0 Å². The van der Waals surface area contributed by atoms with Crippen molar-refractivity contribution < 1.29 is 9.32 Å². The van der Waals surface area contributed by atoms with Crippen LogP contribution in [0.2, 0.25) is 0 Å². The molecule has 0 bridgehead atoms. The van der Waals surface area contributed by atoms with Crippen molar-refractivity contribution in [1.29, 1.82) is 0 Å². The van der Waals surface area contributed by atoms with E-state index in [2.05, 4.69) is 5.16 Å². The summed E-state index contributed by atoms with van der Waals surface area (Å²) in [5.41, 5.74) is 7.83. The van der Waals surface area contributed by atoms with Crippen LogP contribution in [-0.4, -0.2) is 35.6 Å². The Morgan fingerprint density at radius 3 is 2.72 bits per heavy atom. The molecule has 0 aliphatic carbocycles. The van der Waals surface area contributed by atoms with Gasteiger partial charge >= 0.3 is 0 Å². The molecule has 2 N–H and O–H groups in total. The van der Waals surface area contributed by atoms with Crippen molar-refractivity contribution in [2.24, 2.45) is 5.73 Å². The average molecular weight is 343 g/mol. The molecular formula is C20H29N3O2. The van der Waals surface area contributed by atoms with Gasteiger partial charge in [-0.25, -0.2) is 0 Å². The monoisotopic (exact) mass is 343 g/mol. The van der Waals surface area contributed by atoms with Crippen LogP contribution in [0, 0.1) is 0 Å². The third kappa shape index (κ3) is 6.02. The van der Waals surface area contributed by atoms with Gasteiger partial charge in [0, 0.05) is 31.6 Å². The van der Waals surface area contributed by atoms with Gasteiger partial charge in [0.15, 0.2) is 0 Å². The molecule has 1 aromatic carbocycles. The van der Waals surface area contributed by atoms with Crippen LogP contribution in [0.25, 0.3) is 11.3 Å². The summed E-state index contributed by atoms with van der Waals surface area (Å²) < 4.78 is 5.41. The first-order chi connectivity index (χ1) is 12.1. The fourth-order valence-corrected chi connectivity index (χ4v) is 2.83. The molecule has 0 radical (unpaired) electrons. The molecule has 5 heteroatoms. The number of aryl methyl sites for hydroxylation is 1. The van der Waals surface area contributed by atoms with E-state index < -0.39 is 0 Å². The van der Waals surface area contributed by atoms with E-state index in [0.29, 0.717) is 0 Å². The fourth-order valence-electron chi connectivity index (χ4n) is 2.83. The number of rotatable bonds is 10. The fraction of sp³-hybridized carbons (Fsp3) is 0.500. The Morgan fingerprint density at radius 1 is 1.24 bits per heavy atom. The van der Waals surface area contributed by atoms with Gasteiger partial charge in [-0.1, -0.05) is 55.3 Å². The van der Waals surface area contributed by atoms with E-state index in [-0.39, 0.29) is 11.9 Å². The van der Waals surface area contributed by atoms with Crippen molar-refractivity contribution in [1.82, 2.24) is 10.1 Å². The van der Waals surface area contributed by atoms with E-state index >= 15 is 0 Å². The number of carbonyl (C=O) groups excluding carboxylic acids is 1. The molecule has 136 valence electrons. The predicted molar refractivity (Wildman–Crippen MR) is 100 cm³/mol. The summed E-state index contributed by atoms with van der Waals surface area (Å²) in [6, 6.07) is 11.7. The van der Waals surface area contributed by atoms with Gasteiger partial charge in [0.2, 0.25) is 5.91 Å². The molecule has 1 heterocycles. The molecule has 1 aromatic heterocycles. The first-order valence-electron chi connectivity index (χ1n) is 9.13. The highest BCUT2D eigenvalue weighted by atomic mass is 16.5. The Morgan fingerprint density at radius 2 is 2.00 bits per heavy atom. The highest BCUT2D eigenvalue weighted by molar-refractivity contribution is 5.81. The Hall–Kier alpha value is -2.14. The second kappa shape index (κ2) is 9.99. The second-order valence-electron chi connectivity index (χ2n) is 6.51. The Balaban J connectivity index is 1.67. The number of aromatic nitrogens is 1. The summed E-state index contributed by atoms with van der Waals surface area (Å²) in [7, 11) is 1.83. The smallest absolute Gasteiger partial charge is 0.239 e. The van der Waals surface area contributed by atoms with E-state index in [1.807, 2.05) is 50.4 Å². The molecule has 25 heavy (non-hydrogen) atoms. The molecule has 0 spiro atoms. The van der Waals surface area contributed by atoms with Crippen molar-refractivity contribution in [3.8, 4) is 11.3 Å². The van der Waals surface area contributed by atoms with Gasteiger partial charge in [-0.05, 0) is 19.3 Å². The van der Waals surface area contributed by atoms with Crippen molar-refractivity contribution in [3.05, 3.63) is 42.2 Å². The van der Waals surface area contributed by atoms with Gasteiger partial charge in [-0.15, -0.1) is 0 Å². The molecule has 0 fully saturated rings. The SMILES string of the molecule is CCCC(N)C(=O)N(C)CCCCCc1cc(-c2ccccc2)no1. The van der Waals surface area contributed by atoms with Crippen molar-refractivity contribution in [3.63, 3.8) is 0 Å². The zero-order valence-electron chi connectivity index (χ0n) is 15.3. The Kier molecular flexibility index (Phi) is 7.67. The maximum atomic E-state index is 12.0. The van der Waals surface area contributed by atoms with Crippen LogP contribution in [0.15, 0.2) is 40.9 Å². The highest BCUT2D eigenvalue weighted by Crippen LogP contribution is 2.19. The van der Waals surface area contributed by atoms with E-state index in [1.54, 1.807) is 4.90 Å². The second-order valence-corrected chi connectivity index (χ2v) is 6.51. The molecule has 0 saturated heterocycles.